The van der Waals surface area contributed by atoms with E-state index in [9.17, 15) is 14.3 Å². The molecule has 0 fully saturated rings. The summed E-state index contributed by atoms with van der Waals surface area (Å²) in [7, 11) is 0. The lowest BCUT2D eigenvalue weighted by Gasteiger charge is -2.14. The van der Waals surface area contributed by atoms with Crippen LogP contribution in [-0.4, -0.2) is 22.1 Å². The Bertz CT molecular complexity index is 677. The van der Waals surface area contributed by atoms with Crippen molar-refractivity contribution in [2.24, 2.45) is 5.92 Å². The zero-order valence-corrected chi connectivity index (χ0v) is 13.7. The zero-order valence-electron chi connectivity index (χ0n) is 13.7. The highest BCUT2D eigenvalue weighted by atomic mass is 19.1. The molecule has 0 bridgehead atoms. The summed E-state index contributed by atoms with van der Waals surface area (Å²) in [6.45, 7) is 3.87. The van der Waals surface area contributed by atoms with Gasteiger partial charge in [0, 0.05) is 12.7 Å². The van der Waals surface area contributed by atoms with Crippen LogP contribution in [0.3, 0.4) is 0 Å². The average molecular weight is 332 g/mol. The monoisotopic (exact) mass is 332 g/mol. The predicted octanol–water partition coefficient (Wildman–Crippen LogP) is 3.04. The van der Waals surface area contributed by atoms with Crippen molar-refractivity contribution in [3.05, 3.63) is 54.1 Å². The van der Waals surface area contributed by atoms with Gasteiger partial charge in [-0.2, -0.15) is 0 Å². The minimum absolute atomic E-state index is 0.0112. The fourth-order valence-corrected chi connectivity index (χ4v) is 1.97. The van der Waals surface area contributed by atoms with Crippen molar-refractivity contribution in [1.82, 2.24) is 10.3 Å². The molecule has 2 rings (SSSR count). The second kappa shape index (κ2) is 8.40. The number of carbonyl (C=O) groups excluding carboxylic acids is 1. The molecule has 2 N–H and O–H groups in total. The summed E-state index contributed by atoms with van der Waals surface area (Å²) in [5.74, 6) is -0.245. The molecule has 24 heavy (non-hydrogen) atoms. The van der Waals surface area contributed by atoms with E-state index in [0.717, 1.165) is 0 Å². The van der Waals surface area contributed by atoms with E-state index in [1.165, 1.54) is 18.3 Å². The molecule has 0 aliphatic rings. The smallest absolute Gasteiger partial charge is 0.222 e. The number of pyridine rings is 1. The number of benzene rings is 1. The van der Waals surface area contributed by atoms with E-state index in [2.05, 4.69) is 10.3 Å². The molecule has 2 aromatic rings. The van der Waals surface area contributed by atoms with Crippen molar-refractivity contribution in [2.45, 2.75) is 32.9 Å². The number of nitrogens with zero attached hydrogens (tertiary/aromatic N) is 1. The van der Waals surface area contributed by atoms with E-state index in [1.807, 2.05) is 13.8 Å². The van der Waals surface area contributed by atoms with Crippen molar-refractivity contribution in [1.29, 1.82) is 0 Å². The average Bonchev–Trinajstić information content (AvgIpc) is 2.56. The lowest BCUT2D eigenvalue weighted by atomic mass is 10.0. The lowest BCUT2D eigenvalue weighted by molar-refractivity contribution is -0.123. The van der Waals surface area contributed by atoms with Crippen LogP contribution in [0.5, 0.6) is 11.5 Å². The summed E-state index contributed by atoms with van der Waals surface area (Å²) in [6, 6.07) is 7.87. The Balaban J connectivity index is 1.91. The van der Waals surface area contributed by atoms with Crippen LogP contribution in [0.4, 0.5) is 4.39 Å². The first-order valence-corrected chi connectivity index (χ1v) is 7.76. The summed E-state index contributed by atoms with van der Waals surface area (Å²) >= 11 is 0. The largest absolute Gasteiger partial charge is 0.453 e. The molecule has 1 heterocycles. The fourth-order valence-electron chi connectivity index (χ4n) is 1.97. The highest BCUT2D eigenvalue weighted by Gasteiger charge is 2.14. The molecule has 1 atom stereocenters. The third kappa shape index (κ3) is 5.31. The SMILES string of the molecule is CC(C)C(O)CC(=O)NCc1ccc(Oc2cccnc2)c(F)c1. The van der Waals surface area contributed by atoms with Gasteiger partial charge in [0.15, 0.2) is 11.6 Å². The Kier molecular flexibility index (Phi) is 6.26. The zero-order chi connectivity index (χ0) is 17.5. The minimum Gasteiger partial charge on any atom is -0.453 e. The van der Waals surface area contributed by atoms with Crippen molar-refractivity contribution < 1.29 is 19.0 Å². The van der Waals surface area contributed by atoms with Gasteiger partial charge >= 0.3 is 0 Å². The summed E-state index contributed by atoms with van der Waals surface area (Å²) < 4.78 is 19.5. The summed E-state index contributed by atoms with van der Waals surface area (Å²) in [6.07, 6.45) is 2.44. The van der Waals surface area contributed by atoms with Gasteiger partial charge in [0.2, 0.25) is 5.91 Å². The molecule has 0 saturated carbocycles. The van der Waals surface area contributed by atoms with E-state index in [0.29, 0.717) is 11.3 Å². The molecule has 6 heteroatoms. The number of hydrogen-bond donors (Lipinski definition) is 2. The van der Waals surface area contributed by atoms with E-state index >= 15 is 0 Å². The predicted molar refractivity (Wildman–Crippen MR) is 88.0 cm³/mol. The van der Waals surface area contributed by atoms with Gasteiger partial charge in [-0.25, -0.2) is 4.39 Å². The maximum atomic E-state index is 14.1. The van der Waals surface area contributed by atoms with Crippen LogP contribution in [0.2, 0.25) is 0 Å². The topological polar surface area (TPSA) is 71.5 Å². The molecule has 0 radical (unpaired) electrons. The quantitative estimate of drug-likeness (QED) is 0.817. The molecule has 1 aromatic carbocycles. The first-order chi connectivity index (χ1) is 11.5. The van der Waals surface area contributed by atoms with E-state index in [1.54, 1.807) is 24.4 Å². The number of aliphatic hydroxyl groups excluding tert-OH is 1. The highest BCUT2D eigenvalue weighted by molar-refractivity contribution is 5.76. The number of carbonyl (C=O) groups is 1. The van der Waals surface area contributed by atoms with E-state index in [-0.39, 0.29) is 30.5 Å². The number of amides is 1. The number of halogens is 1. The molecule has 0 aliphatic heterocycles. The van der Waals surface area contributed by atoms with Crippen molar-refractivity contribution in [3.8, 4) is 11.5 Å². The molecule has 5 nitrogen and oxygen atoms in total. The van der Waals surface area contributed by atoms with Crippen LogP contribution < -0.4 is 10.1 Å². The van der Waals surface area contributed by atoms with Gasteiger partial charge in [0.25, 0.3) is 0 Å². The Hall–Kier alpha value is -2.47. The maximum absolute atomic E-state index is 14.1. The Morgan fingerprint density at radius 2 is 2.17 bits per heavy atom. The molecule has 0 saturated heterocycles. The van der Waals surface area contributed by atoms with Crippen LogP contribution in [0.15, 0.2) is 42.7 Å². The van der Waals surface area contributed by atoms with Gasteiger partial charge in [-0.3, -0.25) is 9.78 Å². The Morgan fingerprint density at radius 1 is 1.38 bits per heavy atom. The number of nitrogens with one attached hydrogen (secondary N) is 1. The molecule has 0 spiro atoms. The number of ether oxygens (including phenoxy) is 1. The molecule has 1 amide bonds. The molecule has 1 unspecified atom stereocenters. The number of hydrogen-bond acceptors (Lipinski definition) is 4. The van der Waals surface area contributed by atoms with Gasteiger partial charge < -0.3 is 15.2 Å². The fraction of sp³-hybridized carbons (Fsp3) is 0.333. The van der Waals surface area contributed by atoms with Crippen LogP contribution in [0.25, 0.3) is 0 Å². The number of aromatic nitrogens is 1. The van der Waals surface area contributed by atoms with Crippen molar-refractivity contribution >= 4 is 5.91 Å². The van der Waals surface area contributed by atoms with Gasteiger partial charge in [-0.1, -0.05) is 19.9 Å². The summed E-state index contributed by atoms with van der Waals surface area (Å²) in [5, 5.41) is 12.3. The standard InChI is InChI=1S/C18H21FN2O3/c1-12(2)16(22)9-18(23)21-10-13-5-6-17(15(19)8-13)24-14-4-3-7-20-11-14/h3-8,11-12,16,22H,9-10H2,1-2H3,(H,21,23). The van der Waals surface area contributed by atoms with Gasteiger partial charge in [0.1, 0.15) is 5.75 Å². The first-order valence-electron chi connectivity index (χ1n) is 7.76. The summed E-state index contributed by atoms with van der Waals surface area (Å²) in [4.78, 5) is 15.6. The van der Waals surface area contributed by atoms with Gasteiger partial charge in [0.05, 0.1) is 18.7 Å². The van der Waals surface area contributed by atoms with Gasteiger partial charge in [-0.05, 0) is 35.7 Å². The van der Waals surface area contributed by atoms with Crippen LogP contribution in [0.1, 0.15) is 25.8 Å². The normalized spacial score (nSPS) is 12.0. The first kappa shape index (κ1) is 17.9. The molecule has 128 valence electrons. The summed E-state index contributed by atoms with van der Waals surface area (Å²) in [5.41, 5.74) is 0.610. The molecule has 1 aromatic heterocycles. The van der Waals surface area contributed by atoms with E-state index < -0.39 is 11.9 Å². The second-order valence-electron chi connectivity index (χ2n) is 5.85. The van der Waals surface area contributed by atoms with Crippen LogP contribution in [0, 0.1) is 11.7 Å². The van der Waals surface area contributed by atoms with Crippen LogP contribution >= 0.6 is 0 Å². The van der Waals surface area contributed by atoms with Gasteiger partial charge in [-0.15, -0.1) is 0 Å². The third-order valence-corrected chi connectivity index (χ3v) is 3.51. The Labute approximate surface area is 140 Å². The maximum Gasteiger partial charge on any atom is 0.222 e. The minimum atomic E-state index is -0.683. The lowest BCUT2D eigenvalue weighted by Crippen LogP contribution is -2.29. The van der Waals surface area contributed by atoms with Crippen LogP contribution in [-0.2, 0) is 11.3 Å². The third-order valence-electron chi connectivity index (χ3n) is 3.51. The van der Waals surface area contributed by atoms with Crippen molar-refractivity contribution in [2.75, 3.05) is 0 Å². The number of rotatable bonds is 7. The molecular formula is C18H21FN2O3. The molecule has 0 aliphatic carbocycles. The van der Waals surface area contributed by atoms with Crippen molar-refractivity contribution in [3.63, 3.8) is 0 Å². The van der Waals surface area contributed by atoms with E-state index in [4.69, 9.17) is 4.74 Å². The number of aliphatic hydroxyl groups is 1. The molecular weight excluding hydrogens is 311 g/mol. The highest BCUT2D eigenvalue weighted by Crippen LogP contribution is 2.24. The second-order valence-corrected chi connectivity index (χ2v) is 5.85. The Morgan fingerprint density at radius 3 is 2.79 bits per heavy atom.